The number of carbonyl (C=O) groups excluding carboxylic acids is 4. The number of imide groups is 1. The number of carbonyl (C=O) groups is 4. The molecule has 1 fully saturated rings. The Morgan fingerprint density at radius 1 is 0.915 bits per heavy atom. The van der Waals surface area contributed by atoms with E-state index in [1.54, 1.807) is 6.20 Å². The van der Waals surface area contributed by atoms with Crippen LogP contribution in [0.4, 0.5) is 5.69 Å². The van der Waals surface area contributed by atoms with Crippen molar-refractivity contribution in [3.63, 3.8) is 0 Å². The molecule has 312 valence electrons. The van der Waals surface area contributed by atoms with Gasteiger partial charge in [-0.1, -0.05) is 19.4 Å². The third-order valence-corrected chi connectivity index (χ3v) is 12.4. The van der Waals surface area contributed by atoms with Crippen molar-refractivity contribution >= 4 is 56.1 Å². The lowest BCUT2D eigenvalue weighted by atomic mass is 9.84. The Balaban J connectivity index is 1.30. The van der Waals surface area contributed by atoms with Gasteiger partial charge in [-0.3, -0.25) is 18.9 Å². The molecule has 2 amide bonds. The number of likely N-dealkylation sites (N-methyl/N-ethyl adjacent to an activating group) is 2. The first kappa shape index (κ1) is 41.7. The van der Waals surface area contributed by atoms with E-state index in [0.717, 1.165) is 45.9 Å². The van der Waals surface area contributed by atoms with Crippen LogP contribution in [0.1, 0.15) is 116 Å². The number of nitrogens with zero attached hydrogens (tertiary/aromatic N) is 5. The Kier molecular flexibility index (Phi) is 11.1. The summed E-state index contributed by atoms with van der Waals surface area (Å²) in [7, 11) is -4.37. The van der Waals surface area contributed by atoms with E-state index in [1.807, 2.05) is 49.7 Å². The number of rotatable bonds is 14. The average Bonchev–Trinajstić information content (AvgIpc) is 3.75. The minimum Gasteiger partial charge on any atom is -0.456 e. The van der Waals surface area contributed by atoms with Crippen LogP contribution in [0, 0.1) is 0 Å². The number of hydrogen-bond donors (Lipinski definition) is 1. The zero-order chi connectivity index (χ0) is 42.6. The molecule has 1 aromatic heterocycles. The number of imidazole rings is 1. The van der Waals surface area contributed by atoms with E-state index in [2.05, 4.69) is 55.4 Å². The van der Waals surface area contributed by atoms with Crippen molar-refractivity contribution in [3.8, 4) is 11.5 Å². The summed E-state index contributed by atoms with van der Waals surface area (Å²) < 4.78 is 46.0. The minimum absolute atomic E-state index is 0.0567. The molecule has 1 saturated heterocycles. The van der Waals surface area contributed by atoms with E-state index in [-0.39, 0.29) is 24.8 Å². The van der Waals surface area contributed by atoms with Crippen LogP contribution in [0.25, 0.3) is 16.7 Å². The fraction of sp³-hybridized carbons (Fsp3) is 0.455. The molecule has 2 aromatic carbocycles. The number of hydrogen-bond acceptors (Lipinski definition) is 10. The van der Waals surface area contributed by atoms with Crippen molar-refractivity contribution in [3.05, 3.63) is 81.9 Å². The van der Waals surface area contributed by atoms with E-state index in [9.17, 15) is 32.1 Å². The summed E-state index contributed by atoms with van der Waals surface area (Å²) in [4.78, 5) is 60.5. The third-order valence-electron chi connectivity index (χ3n) is 11.7. The molecule has 5 heterocycles. The molecule has 59 heavy (non-hydrogen) atoms. The molecule has 4 aliphatic rings. The number of ether oxygens (including phenoxy) is 1. The molecule has 0 atom stereocenters. The summed E-state index contributed by atoms with van der Waals surface area (Å²) in [6, 6.07) is 8.23. The number of aromatic nitrogens is 2. The first-order valence-corrected chi connectivity index (χ1v) is 22.0. The Morgan fingerprint density at radius 2 is 1.64 bits per heavy atom. The molecule has 14 nitrogen and oxygen atoms in total. The molecule has 1 N–H and O–H groups in total. The van der Waals surface area contributed by atoms with Gasteiger partial charge in [0, 0.05) is 92.3 Å². The maximum Gasteiger partial charge on any atom is 0.399 e. The molecule has 0 bridgehead atoms. The van der Waals surface area contributed by atoms with Crippen LogP contribution < -0.4 is 24.8 Å². The van der Waals surface area contributed by atoms with E-state index in [0.29, 0.717) is 65.9 Å². The maximum absolute atomic E-state index is 12.5. The van der Waals surface area contributed by atoms with Crippen molar-refractivity contribution in [2.24, 2.45) is 0 Å². The largest absolute Gasteiger partial charge is 0.456 e. The Hall–Kier alpha value is -5.41. The number of unbranched alkanes of at least 4 members (excludes halogenated alkanes) is 2. The molecule has 7 rings (SSSR count). The van der Waals surface area contributed by atoms with Gasteiger partial charge in [-0.2, -0.15) is 8.42 Å². The standard InChI is InChI=1S/C44H51N5O9S/c1-8-27-24-43(4,5)47(9-2)33-22-36-31(20-29(27)33)40(32-21-30-28(26-59(54,55)56)25-44(6,7)48(10-3)34(30)23-37(32)57-36)41-45-17-19-46(41)18-13-11-12-14-35(50)42(53)58-49-38(51)15-16-39(49)52/h17,19-25H,8-16,18,26H2,1-7H3/p+1. The number of aryl methyl sites for hydroxylation is 1. The van der Waals surface area contributed by atoms with Gasteiger partial charge in [-0.25, -0.2) is 14.4 Å². The third kappa shape index (κ3) is 7.89. The van der Waals surface area contributed by atoms with Crippen LogP contribution in [-0.2, 0) is 40.7 Å². The average molecular weight is 827 g/mol. The number of Topliss-reactive ketones (excluding diaryl/α,β-unsaturated/α-hetero) is 1. The number of allylic oxidation sites excluding steroid dienone is 1. The summed E-state index contributed by atoms with van der Waals surface area (Å²) in [5, 5.41) is 1.90. The van der Waals surface area contributed by atoms with Crippen molar-refractivity contribution < 1.29 is 41.7 Å². The quantitative estimate of drug-likeness (QED) is 0.0600. The monoisotopic (exact) mass is 826 g/mol. The zero-order valence-electron chi connectivity index (χ0n) is 34.8. The number of benzene rings is 2. The van der Waals surface area contributed by atoms with Crippen LogP contribution in [0.5, 0.6) is 11.5 Å². The predicted molar refractivity (Wildman–Crippen MR) is 222 cm³/mol. The summed E-state index contributed by atoms with van der Waals surface area (Å²) >= 11 is 0. The smallest absolute Gasteiger partial charge is 0.399 e. The van der Waals surface area contributed by atoms with Gasteiger partial charge >= 0.3 is 5.97 Å². The molecule has 4 aliphatic heterocycles. The first-order valence-electron chi connectivity index (χ1n) is 20.4. The van der Waals surface area contributed by atoms with Gasteiger partial charge in [0.05, 0.1) is 17.2 Å². The number of amides is 2. The number of ketones is 1. The molecular weight excluding hydrogens is 775 g/mol. The Labute approximate surface area is 344 Å². The minimum atomic E-state index is -4.37. The molecule has 0 radical (unpaired) electrons. The maximum atomic E-state index is 12.5. The van der Waals surface area contributed by atoms with Gasteiger partial charge in [0.1, 0.15) is 29.6 Å². The number of anilines is 1. The van der Waals surface area contributed by atoms with Crippen LogP contribution in [-0.4, -0.2) is 81.1 Å². The van der Waals surface area contributed by atoms with E-state index in [4.69, 9.17) is 14.6 Å². The molecule has 0 unspecified atom stereocenters. The highest BCUT2D eigenvalue weighted by molar-refractivity contribution is 7.86. The van der Waals surface area contributed by atoms with Crippen LogP contribution in [0.15, 0.2) is 48.8 Å². The molecule has 3 aromatic rings. The topological polar surface area (TPSA) is 168 Å². The molecule has 0 spiro atoms. The lowest BCUT2D eigenvalue weighted by Crippen LogP contribution is -2.50. The van der Waals surface area contributed by atoms with Crippen LogP contribution in [0.2, 0.25) is 0 Å². The summed E-state index contributed by atoms with van der Waals surface area (Å²) in [5.74, 6) is -1.93. The Morgan fingerprint density at radius 3 is 2.31 bits per heavy atom. The molecular formula is C44H52N5O9S+. The lowest BCUT2D eigenvalue weighted by molar-refractivity contribution is -0.197. The second-order valence-corrected chi connectivity index (χ2v) is 18.0. The van der Waals surface area contributed by atoms with Gasteiger partial charge in [-0.15, -0.1) is 5.06 Å². The lowest BCUT2D eigenvalue weighted by Gasteiger charge is -2.43. The SMILES string of the molecule is CCC1=CC(C)(C)N(CC)c2cc3c(cc21)C(c1nccn1CCCCCC(=O)C(=O)ON1C(=O)CCC1=O)=c1cc2c(cc1O3)=[N+](CC)C(C)(C)C=C2CS(=O)(=O)O. The van der Waals surface area contributed by atoms with E-state index in [1.165, 1.54) is 5.57 Å². The van der Waals surface area contributed by atoms with E-state index < -0.39 is 45.0 Å². The fourth-order valence-corrected chi connectivity index (χ4v) is 9.70. The highest BCUT2D eigenvalue weighted by Gasteiger charge is 2.38. The number of hydroxylamine groups is 2. The van der Waals surface area contributed by atoms with Crippen molar-refractivity contribution in [1.29, 1.82) is 0 Å². The van der Waals surface area contributed by atoms with Crippen LogP contribution in [0.3, 0.4) is 0 Å². The Bertz CT molecular complexity index is 2580. The van der Waals surface area contributed by atoms with Gasteiger partial charge in [0.2, 0.25) is 11.1 Å². The normalized spacial score (nSPS) is 17.8. The van der Waals surface area contributed by atoms with Crippen molar-refractivity contribution in [2.45, 2.75) is 111 Å². The van der Waals surface area contributed by atoms with Gasteiger partial charge < -0.3 is 19.0 Å². The second kappa shape index (κ2) is 15.6. The summed E-state index contributed by atoms with van der Waals surface area (Å²) in [5.41, 5.74) is 5.42. The summed E-state index contributed by atoms with van der Waals surface area (Å²) in [6.07, 6.45) is 10.1. The molecule has 15 heteroatoms. The fourth-order valence-electron chi connectivity index (χ4n) is 9.07. The highest BCUT2D eigenvalue weighted by Crippen LogP contribution is 2.47. The molecule has 0 aliphatic carbocycles. The first-order chi connectivity index (χ1) is 27.9. The zero-order valence-corrected chi connectivity index (χ0v) is 35.6. The van der Waals surface area contributed by atoms with Crippen molar-refractivity contribution in [2.75, 3.05) is 23.7 Å². The van der Waals surface area contributed by atoms with E-state index >= 15 is 0 Å². The predicted octanol–water partition coefficient (Wildman–Crippen LogP) is 4.96. The van der Waals surface area contributed by atoms with Gasteiger partial charge in [0.25, 0.3) is 21.9 Å². The number of fused-ring (bicyclic) bond motifs is 4. The second-order valence-electron chi connectivity index (χ2n) is 16.6. The van der Waals surface area contributed by atoms with Crippen LogP contribution >= 0.6 is 0 Å². The summed E-state index contributed by atoms with van der Waals surface area (Å²) in [6.45, 7) is 16.7. The van der Waals surface area contributed by atoms with Gasteiger partial charge in [0.15, 0.2) is 5.54 Å². The highest BCUT2D eigenvalue weighted by atomic mass is 32.2. The molecule has 0 saturated carbocycles. The van der Waals surface area contributed by atoms with Crippen molar-refractivity contribution in [1.82, 2.24) is 19.2 Å². The van der Waals surface area contributed by atoms with Gasteiger partial charge in [-0.05, 0) is 76.3 Å².